The standard InChI is InChI=1S/C25H28N2O7S/c1-15(28)27(13-16-9-7-8-10-19(16)30-2)22(24-26-18(14-35-24)25(29)34-6)17-11-20(31-3)23(33-5)21(12-17)32-4/h7-12,14,22H,13H2,1-6H3. The van der Waals surface area contributed by atoms with Gasteiger partial charge in [-0.15, -0.1) is 11.3 Å². The van der Waals surface area contributed by atoms with Gasteiger partial charge in [0.25, 0.3) is 0 Å². The van der Waals surface area contributed by atoms with Gasteiger partial charge in [0.1, 0.15) is 16.8 Å². The third kappa shape index (κ3) is 5.48. The van der Waals surface area contributed by atoms with Gasteiger partial charge in [0.15, 0.2) is 17.2 Å². The molecule has 0 saturated heterocycles. The van der Waals surface area contributed by atoms with Gasteiger partial charge in [-0.2, -0.15) is 0 Å². The smallest absolute Gasteiger partial charge is 0.357 e. The minimum atomic E-state index is -0.672. The Labute approximate surface area is 208 Å². The second-order valence-corrected chi connectivity index (χ2v) is 8.27. The molecule has 0 radical (unpaired) electrons. The molecule has 0 aliphatic carbocycles. The van der Waals surface area contributed by atoms with Gasteiger partial charge in [0, 0.05) is 17.9 Å². The minimum Gasteiger partial charge on any atom is -0.496 e. The molecule has 3 rings (SSSR count). The highest BCUT2D eigenvalue weighted by atomic mass is 32.1. The lowest BCUT2D eigenvalue weighted by atomic mass is 10.0. The maximum Gasteiger partial charge on any atom is 0.357 e. The lowest BCUT2D eigenvalue weighted by Crippen LogP contribution is -2.33. The number of esters is 1. The summed E-state index contributed by atoms with van der Waals surface area (Å²) < 4.78 is 26.9. The van der Waals surface area contributed by atoms with Gasteiger partial charge in [0.05, 0.1) is 42.1 Å². The number of hydrogen-bond acceptors (Lipinski definition) is 9. The maximum absolute atomic E-state index is 13.0. The van der Waals surface area contributed by atoms with Crippen LogP contribution in [0.5, 0.6) is 23.0 Å². The molecule has 0 spiro atoms. The molecule has 1 amide bonds. The second kappa shape index (κ2) is 11.6. The average molecular weight is 501 g/mol. The Morgan fingerprint density at radius 1 is 0.943 bits per heavy atom. The number of benzene rings is 2. The van der Waals surface area contributed by atoms with Gasteiger partial charge in [0.2, 0.25) is 11.7 Å². The molecule has 0 fully saturated rings. The summed E-state index contributed by atoms with van der Waals surface area (Å²) in [5.41, 5.74) is 1.63. The van der Waals surface area contributed by atoms with Crippen molar-refractivity contribution in [3.05, 3.63) is 63.6 Å². The summed E-state index contributed by atoms with van der Waals surface area (Å²) in [5, 5.41) is 2.12. The number of carbonyl (C=O) groups is 2. The van der Waals surface area contributed by atoms with Crippen molar-refractivity contribution in [3.63, 3.8) is 0 Å². The lowest BCUT2D eigenvalue weighted by molar-refractivity contribution is -0.131. The Kier molecular flexibility index (Phi) is 8.53. The molecule has 0 aliphatic heterocycles. The Morgan fingerprint density at radius 3 is 2.11 bits per heavy atom. The van der Waals surface area contributed by atoms with E-state index in [4.69, 9.17) is 23.7 Å². The van der Waals surface area contributed by atoms with E-state index in [0.717, 1.165) is 5.56 Å². The van der Waals surface area contributed by atoms with Crippen LogP contribution in [-0.2, 0) is 16.1 Å². The molecule has 2 aromatic carbocycles. The maximum atomic E-state index is 13.0. The first kappa shape index (κ1) is 25.8. The van der Waals surface area contributed by atoms with Crippen LogP contribution in [0.4, 0.5) is 0 Å². The zero-order valence-corrected chi connectivity index (χ0v) is 21.3. The Hall–Kier alpha value is -3.79. The van der Waals surface area contributed by atoms with E-state index in [1.807, 2.05) is 24.3 Å². The number of nitrogens with zero attached hydrogens (tertiary/aromatic N) is 2. The molecular formula is C25H28N2O7S. The van der Waals surface area contributed by atoms with Crippen molar-refractivity contribution in [1.82, 2.24) is 9.88 Å². The van der Waals surface area contributed by atoms with E-state index in [1.165, 1.54) is 46.7 Å². The summed E-state index contributed by atoms with van der Waals surface area (Å²) in [6.07, 6.45) is 0. The van der Waals surface area contributed by atoms with Gasteiger partial charge in [-0.1, -0.05) is 18.2 Å². The van der Waals surface area contributed by atoms with E-state index in [9.17, 15) is 9.59 Å². The topological polar surface area (TPSA) is 96.4 Å². The number of thiazole rings is 1. The molecule has 1 aromatic heterocycles. The van der Waals surface area contributed by atoms with Crippen molar-refractivity contribution in [2.24, 2.45) is 0 Å². The van der Waals surface area contributed by atoms with E-state index >= 15 is 0 Å². The lowest BCUT2D eigenvalue weighted by Gasteiger charge is -2.31. The first-order valence-electron chi connectivity index (χ1n) is 10.6. The molecule has 3 aromatic rings. The number of ether oxygens (including phenoxy) is 5. The molecule has 186 valence electrons. The molecule has 0 N–H and O–H groups in total. The Bertz CT molecular complexity index is 1170. The molecular weight excluding hydrogens is 472 g/mol. The fourth-order valence-electron chi connectivity index (χ4n) is 3.73. The van der Waals surface area contributed by atoms with Gasteiger partial charge in [-0.3, -0.25) is 4.79 Å². The summed E-state index contributed by atoms with van der Waals surface area (Å²) in [4.78, 5) is 31.3. The quantitative estimate of drug-likeness (QED) is 0.384. The van der Waals surface area contributed by atoms with Crippen LogP contribution in [0, 0.1) is 0 Å². The van der Waals surface area contributed by atoms with Crippen molar-refractivity contribution in [3.8, 4) is 23.0 Å². The number of amides is 1. The zero-order valence-electron chi connectivity index (χ0n) is 20.5. The van der Waals surface area contributed by atoms with Crippen molar-refractivity contribution in [2.75, 3.05) is 35.5 Å². The molecule has 0 bridgehead atoms. The van der Waals surface area contributed by atoms with Crippen LogP contribution in [0.1, 0.15) is 39.6 Å². The van der Waals surface area contributed by atoms with Crippen molar-refractivity contribution in [2.45, 2.75) is 19.5 Å². The van der Waals surface area contributed by atoms with E-state index in [0.29, 0.717) is 33.6 Å². The summed E-state index contributed by atoms with van der Waals surface area (Å²) >= 11 is 1.25. The van der Waals surface area contributed by atoms with E-state index in [-0.39, 0.29) is 18.1 Å². The van der Waals surface area contributed by atoms with Gasteiger partial charge in [-0.25, -0.2) is 9.78 Å². The van der Waals surface area contributed by atoms with Crippen molar-refractivity contribution in [1.29, 1.82) is 0 Å². The molecule has 1 atom stereocenters. The van der Waals surface area contributed by atoms with Crippen molar-refractivity contribution < 1.29 is 33.3 Å². The van der Waals surface area contributed by atoms with Crippen LogP contribution in [0.3, 0.4) is 0 Å². The fourth-order valence-corrected chi connectivity index (χ4v) is 4.65. The number of carbonyl (C=O) groups excluding carboxylic acids is 2. The summed E-state index contributed by atoms with van der Waals surface area (Å²) in [5.74, 6) is 1.16. The highest BCUT2D eigenvalue weighted by Gasteiger charge is 2.31. The molecule has 9 nitrogen and oxygen atoms in total. The average Bonchev–Trinajstić information content (AvgIpc) is 3.37. The molecule has 10 heteroatoms. The summed E-state index contributed by atoms with van der Waals surface area (Å²) in [7, 11) is 7.43. The van der Waals surface area contributed by atoms with Crippen LogP contribution < -0.4 is 18.9 Å². The first-order chi connectivity index (χ1) is 16.9. The molecule has 1 unspecified atom stereocenters. The van der Waals surface area contributed by atoms with Gasteiger partial charge in [-0.05, 0) is 23.8 Å². The van der Waals surface area contributed by atoms with Crippen LogP contribution >= 0.6 is 11.3 Å². The van der Waals surface area contributed by atoms with E-state index in [2.05, 4.69) is 4.98 Å². The third-order valence-electron chi connectivity index (χ3n) is 5.40. The normalized spacial score (nSPS) is 11.4. The van der Waals surface area contributed by atoms with Crippen LogP contribution in [0.2, 0.25) is 0 Å². The monoisotopic (exact) mass is 500 g/mol. The molecule has 0 saturated carbocycles. The van der Waals surface area contributed by atoms with Crippen LogP contribution in [0.25, 0.3) is 0 Å². The molecule has 0 aliphatic rings. The predicted molar refractivity (Wildman–Crippen MR) is 131 cm³/mol. The number of para-hydroxylation sites is 1. The van der Waals surface area contributed by atoms with Gasteiger partial charge >= 0.3 is 5.97 Å². The summed E-state index contributed by atoms with van der Waals surface area (Å²) in [6, 6.07) is 10.3. The minimum absolute atomic E-state index is 0.158. The van der Waals surface area contributed by atoms with Crippen LogP contribution in [-0.4, -0.2) is 57.3 Å². The first-order valence-corrected chi connectivity index (χ1v) is 11.5. The van der Waals surface area contributed by atoms with Gasteiger partial charge < -0.3 is 28.6 Å². The highest BCUT2D eigenvalue weighted by molar-refractivity contribution is 7.10. The third-order valence-corrected chi connectivity index (χ3v) is 6.30. The molecule has 35 heavy (non-hydrogen) atoms. The summed E-state index contributed by atoms with van der Waals surface area (Å²) in [6.45, 7) is 1.71. The Morgan fingerprint density at radius 2 is 1.57 bits per heavy atom. The van der Waals surface area contributed by atoms with E-state index in [1.54, 1.807) is 29.5 Å². The predicted octanol–water partition coefficient (Wildman–Crippen LogP) is 4.10. The number of methoxy groups -OCH3 is 5. The molecule has 1 heterocycles. The largest absolute Gasteiger partial charge is 0.496 e. The highest BCUT2D eigenvalue weighted by Crippen LogP contribution is 2.43. The van der Waals surface area contributed by atoms with E-state index < -0.39 is 12.0 Å². The SMILES string of the molecule is COC(=O)c1csc(C(c2cc(OC)c(OC)c(OC)c2)N(Cc2ccccc2OC)C(C)=O)n1. The van der Waals surface area contributed by atoms with Crippen LogP contribution in [0.15, 0.2) is 41.8 Å². The second-order valence-electron chi connectivity index (χ2n) is 7.38. The van der Waals surface area contributed by atoms with Crippen molar-refractivity contribution >= 4 is 23.2 Å². The number of rotatable bonds is 10. The zero-order chi connectivity index (χ0) is 25.5. The Balaban J connectivity index is 2.22. The number of hydrogen-bond donors (Lipinski definition) is 0. The fraction of sp³-hybridized carbons (Fsp3) is 0.320. The number of aromatic nitrogens is 1.